The Balaban J connectivity index is 1.42. The van der Waals surface area contributed by atoms with E-state index in [-0.39, 0.29) is 24.2 Å². The van der Waals surface area contributed by atoms with E-state index in [1.807, 2.05) is 13.0 Å². The lowest BCUT2D eigenvalue weighted by molar-refractivity contribution is -0.126. The lowest BCUT2D eigenvalue weighted by Crippen LogP contribution is -2.32. The van der Waals surface area contributed by atoms with Gasteiger partial charge in [0.25, 0.3) is 0 Å². The number of hydrogen-bond acceptors (Lipinski definition) is 7. The number of carbonyl (C=O) groups excluding carboxylic acids is 2. The topological polar surface area (TPSA) is 93.7 Å². The summed E-state index contributed by atoms with van der Waals surface area (Å²) in [6.45, 7) is 3.60. The highest BCUT2D eigenvalue weighted by atomic mass is 32.1. The van der Waals surface area contributed by atoms with Crippen LogP contribution in [-0.4, -0.2) is 41.2 Å². The van der Waals surface area contributed by atoms with Crippen molar-refractivity contribution in [3.63, 3.8) is 0 Å². The van der Waals surface area contributed by atoms with Gasteiger partial charge in [0.2, 0.25) is 11.8 Å². The summed E-state index contributed by atoms with van der Waals surface area (Å²) < 4.78 is 14.9. The third-order valence-corrected chi connectivity index (χ3v) is 5.33. The first-order valence-corrected chi connectivity index (χ1v) is 9.14. The second-order valence-corrected chi connectivity index (χ2v) is 7.07. The van der Waals surface area contributed by atoms with Crippen LogP contribution in [0.3, 0.4) is 0 Å². The molecule has 2 aliphatic rings. The fourth-order valence-corrected chi connectivity index (χ4v) is 3.63. The van der Waals surface area contributed by atoms with Crippen molar-refractivity contribution in [3.8, 4) is 11.5 Å². The second kappa shape index (κ2) is 6.91. The van der Waals surface area contributed by atoms with Gasteiger partial charge in [0.05, 0.1) is 23.0 Å². The SMILES string of the molecule is Cc1nnsc1CNC(=O)C1CC(=O)N(c2ccc3c(c2)OCCO3)C1. The Morgan fingerprint density at radius 1 is 1.35 bits per heavy atom. The van der Waals surface area contributed by atoms with Crippen LogP contribution in [0.5, 0.6) is 11.5 Å². The third-order valence-electron chi connectivity index (χ3n) is 4.50. The molecule has 8 nitrogen and oxygen atoms in total. The number of carbonyl (C=O) groups is 2. The maximum Gasteiger partial charge on any atom is 0.227 e. The smallest absolute Gasteiger partial charge is 0.227 e. The number of ether oxygens (including phenoxy) is 2. The molecule has 1 aromatic carbocycles. The Bertz CT molecular complexity index is 853. The minimum absolute atomic E-state index is 0.0718. The molecule has 2 aromatic rings. The standard InChI is InChI=1S/C17H18N4O4S/c1-10-15(26-20-19-10)8-18-17(23)11-6-16(22)21(9-11)12-2-3-13-14(7-12)25-5-4-24-13/h2-3,7,11H,4-6,8-9H2,1H3,(H,18,23). The lowest BCUT2D eigenvalue weighted by atomic mass is 10.1. The highest BCUT2D eigenvalue weighted by Crippen LogP contribution is 2.36. The van der Waals surface area contributed by atoms with E-state index in [1.54, 1.807) is 17.0 Å². The third kappa shape index (κ3) is 3.22. The first-order valence-electron chi connectivity index (χ1n) is 8.37. The monoisotopic (exact) mass is 374 g/mol. The molecule has 2 amide bonds. The van der Waals surface area contributed by atoms with Crippen LogP contribution in [0.2, 0.25) is 0 Å². The summed E-state index contributed by atoms with van der Waals surface area (Å²) in [5.74, 6) is 0.720. The Hall–Kier alpha value is -2.68. The molecule has 136 valence electrons. The molecule has 0 bridgehead atoms. The number of aryl methyl sites for hydroxylation is 1. The summed E-state index contributed by atoms with van der Waals surface area (Å²) in [7, 11) is 0. The molecule has 4 rings (SSSR count). The van der Waals surface area contributed by atoms with Gasteiger partial charge in [-0.15, -0.1) is 5.10 Å². The van der Waals surface area contributed by atoms with Crippen LogP contribution in [0.15, 0.2) is 18.2 Å². The summed E-state index contributed by atoms with van der Waals surface area (Å²) in [4.78, 5) is 27.4. The lowest BCUT2D eigenvalue weighted by Gasteiger charge is -2.22. The number of benzene rings is 1. The molecule has 2 aliphatic heterocycles. The molecule has 1 unspecified atom stereocenters. The van der Waals surface area contributed by atoms with Crippen molar-refractivity contribution >= 4 is 29.0 Å². The van der Waals surface area contributed by atoms with Gasteiger partial charge in [0.15, 0.2) is 11.5 Å². The van der Waals surface area contributed by atoms with Gasteiger partial charge in [-0.25, -0.2) is 0 Å². The van der Waals surface area contributed by atoms with Gasteiger partial charge in [-0.2, -0.15) is 0 Å². The molecule has 1 saturated heterocycles. The largest absolute Gasteiger partial charge is 0.486 e. The van der Waals surface area contributed by atoms with Gasteiger partial charge in [-0.05, 0) is 30.6 Å². The Morgan fingerprint density at radius 2 is 2.15 bits per heavy atom. The van der Waals surface area contributed by atoms with Gasteiger partial charge in [0, 0.05) is 24.7 Å². The van der Waals surface area contributed by atoms with E-state index in [4.69, 9.17) is 9.47 Å². The van der Waals surface area contributed by atoms with Gasteiger partial charge < -0.3 is 19.7 Å². The maximum absolute atomic E-state index is 12.4. The number of rotatable bonds is 4. The van der Waals surface area contributed by atoms with Gasteiger partial charge >= 0.3 is 0 Å². The first-order chi connectivity index (χ1) is 12.6. The van der Waals surface area contributed by atoms with Crippen molar-refractivity contribution in [2.45, 2.75) is 19.9 Å². The number of fused-ring (bicyclic) bond motifs is 1. The van der Waals surface area contributed by atoms with E-state index < -0.39 is 0 Å². The predicted molar refractivity (Wildman–Crippen MR) is 94.4 cm³/mol. The zero-order valence-electron chi connectivity index (χ0n) is 14.2. The molecule has 1 N–H and O–H groups in total. The molecule has 0 spiro atoms. The fourth-order valence-electron chi connectivity index (χ4n) is 3.06. The van der Waals surface area contributed by atoms with Crippen molar-refractivity contribution in [1.82, 2.24) is 14.9 Å². The van der Waals surface area contributed by atoms with E-state index in [2.05, 4.69) is 14.9 Å². The predicted octanol–water partition coefficient (Wildman–Crippen LogP) is 1.29. The average molecular weight is 374 g/mol. The molecule has 9 heteroatoms. The molecular weight excluding hydrogens is 356 g/mol. The highest BCUT2D eigenvalue weighted by Gasteiger charge is 2.35. The Labute approximate surface area is 154 Å². The van der Waals surface area contributed by atoms with Crippen LogP contribution in [0.25, 0.3) is 0 Å². The number of nitrogens with zero attached hydrogens (tertiary/aromatic N) is 3. The van der Waals surface area contributed by atoms with Crippen molar-refractivity contribution in [2.24, 2.45) is 5.92 Å². The fraction of sp³-hybridized carbons (Fsp3) is 0.412. The Morgan fingerprint density at radius 3 is 2.92 bits per heavy atom. The van der Waals surface area contributed by atoms with Crippen molar-refractivity contribution in [3.05, 3.63) is 28.8 Å². The van der Waals surface area contributed by atoms with Crippen molar-refractivity contribution < 1.29 is 19.1 Å². The second-order valence-electron chi connectivity index (χ2n) is 6.23. The maximum atomic E-state index is 12.4. The molecular formula is C17H18N4O4S. The normalized spacial score (nSPS) is 18.9. The number of hydrogen-bond donors (Lipinski definition) is 1. The zero-order valence-corrected chi connectivity index (χ0v) is 15.0. The Kier molecular flexibility index (Phi) is 4.46. The molecule has 1 aromatic heterocycles. The number of amides is 2. The summed E-state index contributed by atoms with van der Waals surface area (Å²) in [5, 5.41) is 6.80. The molecule has 3 heterocycles. The van der Waals surface area contributed by atoms with Crippen LogP contribution in [0.4, 0.5) is 5.69 Å². The molecule has 26 heavy (non-hydrogen) atoms. The number of aromatic nitrogens is 2. The van der Waals surface area contributed by atoms with E-state index in [1.165, 1.54) is 11.5 Å². The van der Waals surface area contributed by atoms with Gasteiger partial charge in [-0.3, -0.25) is 9.59 Å². The van der Waals surface area contributed by atoms with Crippen molar-refractivity contribution in [1.29, 1.82) is 0 Å². The van der Waals surface area contributed by atoms with Crippen LogP contribution < -0.4 is 19.7 Å². The van der Waals surface area contributed by atoms with Crippen LogP contribution in [0, 0.1) is 12.8 Å². The molecule has 0 radical (unpaired) electrons. The molecule has 0 aliphatic carbocycles. The minimum Gasteiger partial charge on any atom is -0.486 e. The van der Waals surface area contributed by atoms with Gasteiger partial charge in [-0.1, -0.05) is 4.49 Å². The summed E-state index contributed by atoms with van der Waals surface area (Å²) in [5.41, 5.74) is 1.53. The van der Waals surface area contributed by atoms with E-state index in [0.29, 0.717) is 37.8 Å². The minimum atomic E-state index is -0.378. The number of anilines is 1. The number of nitrogens with one attached hydrogen (secondary N) is 1. The quantitative estimate of drug-likeness (QED) is 0.867. The van der Waals surface area contributed by atoms with Crippen LogP contribution >= 0.6 is 11.5 Å². The van der Waals surface area contributed by atoms with Crippen LogP contribution in [0.1, 0.15) is 17.0 Å². The zero-order chi connectivity index (χ0) is 18.1. The van der Waals surface area contributed by atoms with Crippen LogP contribution in [-0.2, 0) is 16.1 Å². The average Bonchev–Trinajstić information content (AvgIpc) is 3.25. The summed E-state index contributed by atoms with van der Waals surface area (Å²) in [6, 6.07) is 5.40. The van der Waals surface area contributed by atoms with E-state index >= 15 is 0 Å². The van der Waals surface area contributed by atoms with Crippen molar-refractivity contribution in [2.75, 3.05) is 24.7 Å². The molecule has 1 atom stereocenters. The molecule has 1 fully saturated rings. The molecule has 0 saturated carbocycles. The summed E-state index contributed by atoms with van der Waals surface area (Å²) in [6.07, 6.45) is 0.195. The summed E-state index contributed by atoms with van der Waals surface area (Å²) >= 11 is 1.27. The highest BCUT2D eigenvalue weighted by molar-refractivity contribution is 7.05. The van der Waals surface area contributed by atoms with Gasteiger partial charge in [0.1, 0.15) is 13.2 Å². The van der Waals surface area contributed by atoms with E-state index in [9.17, 15) is 9.59 Å². The first kappa shape index (κ1) is 16.8. The van der Waals surface area contributed by atoms with E-state index in [0.717, 1.165) is 16.3 Å².